The lowest BCUT2D eigenvalue weighted by Gasteiger charge is -2.02. The molecule has 0 saturated carbocycles. The van der Waals surface area contributed by atoms with E-state index >= 15 is 0 Å². The molecule has 1 aromatic heterocycles. The highest BCUT2D eigenvalue weighted by Crippen LogP contribution is 2.21. The van der Waals surface area contributed by atoms with Crippen LogP contribution in [-0.4, -0.2) is 10.5 Å². The van der Waals surface area contributed by atoms with Crippen molar-refractivity contribution < 1.29 is 9.18 Å². The molecule has 3 nitrogen and oxygen atoms in total. The average Bonchev–Trinajstić information content (AvgIpc) is 2.91. The lowest BCUT2D eigenvalue weighted by molar-refractivity contribution is 0.0998. The van der Waals surface area contributed by atoms with E-state index in [1.807, 2.05) is 16.7 Å². The maximum atomic E-state index is 13.2. The second kappa shape index (κ2) is 7.22. The van der Waals surface area contributed by atoms with Crippen LogP contribution in [0.25, 0.3) is 10.2 Å². The van der Waals surface area contributed by atoms with Crippen LogP contribution in [-0.2, 0) is 13.0 Å². The highest BCUT2D eigenvalue weighted by Gasteiger charge is 2.12. The van der Waals surface area contributed by atoms with Gasteiger partial charge in [0.1, 0.15) is 5.82 Å². The van der Waals surface area contributed by atoms with Crippen molar-refractivity contribution in [1.82, 2.24) is 4.57 Å². The van der Waals surface area contributed by atoms with Crippen molar-refractivity contribution in [3.8, 4) is 12.3 Å². The van der Waals surface area contributed by atoms with Crippen LogP contribution in [0.15, 0.2) is 41.4 Å². The second-order valence-corrected chi connectivity index (χ2v) is 6.79. The first-order valence-corrected chi connectivity index (χ1v) is 8.82. The summed E-state index contributed by atoms with van der Waals surface area (Å²) < 4.78 is 16.0. The smallest absolute Gasteiger partial charge is 0.281 e. The number of aryl methyl sites for hydroxylation is 1. The van der Waals surface area contributed by atoms with Gasteiger partial charge in [0.15, 0.2) is 4.80 Å². The lowest BCUT2D eigenvalue weighted by Crippen LogP contribution is -2.16. The Morgan fingerprint density at radius 2 is 2.16 bits per heavy atom. The van der Waals surface area contributed by atoms with Gasteiger partial charge in [-0.3, -0.25) is 4.79 Å². The van der Waals surface area contributed by atoms with E-state index in [2.05, 4.69) is 23.9 Å². The van der Waals surface area contributed by atoms with Crippen LogP contribution in [0, 0.1) is 18.2 Å². The summed E-state index contributed by atoms with van der Waals surface area (Å²) in [4.78, 5) is 17.1. The Morgan fingerprint density at radius 3 is 2.84 bits per heavy atom. The topological polar surface area (TPSA) is 34.4 Å². The van der Waals surface area contributed by atoms with Crippen molar-refractivity contribution in [2.75, 3.05) is 0 Å². The molecule has 0 aliphatic carbocycles. The third-order valence-electron chi connectivity index (χ3n) is 3.76. The van der Waals surface area contributed by atoms with E-state index in [-0.39, 0.29) is 10.6 Å². The van der Waals surface area contributed by atoms with E-state index in [0.29, 0.717) is 11.3 Å². The molecule has 3 rings (SSSR count). The summed E-state index contributed by atoms with van der Waals surface area (Å²) in [5, 5.41) is 0.0339. The van der Waals surface area contributed by atoms with Gasteiger partial charge in [-0.15, -0.1) is 6.42 Å². The maximum Gasteiger partial charge on any atom is 0.281 e. The first-order chi connectivity index (χ1) is 12.0. The number of hydrogen-bond donors (Lipinski definition) is 0. The molecule has 0 saturated heterocycles. The SMILES string of the molecule is C#CCn1c(=NC(=O)c2ccc(F)cc2Cl)sc2cc(CC)ccc21. The summed E-state index contributed by atoms with van der Waals surface area (Å²) in [6.45, 7) is 2.38. The number of rotatable bonds is 3. The zero-order valence-corrected chi connectivity index (χ0v) is 15.0. The average molecular weight is 373 g/mol. The van der Waals surface area contributed by atoms with E-state index in [1.165, 1.54) is 29.0 Å². The monoisotopic (exact) mass is 372 g/mol. The summed E-state index contributed by atoms with van der Waals surface area (Å²) in [6.07, 6.45) is 6.38. The van der Waals surface area contributed by atoms with E-state index in [1.54, 1.807) is 0 Å². The molecule has 0 bridgehead atoms. The van der Waals surface area contributed by atoms with E-state index in [9.17, 15) is 9.18 Å². The Hall–Kier alpha value is -2.42. The maximum absolute atomic E-state index is 13.2. The molecular weight excluding hydrogens is 359 g/mol. The van der Waals surface area contributed by atoms with Crippen LogP contribution < -0.4 is 4.80 Å². The van der Waals surface area contributed by atoms with Gasteiger partial charge < -0.3 is 4.57 Å². The van der Waals surface area contributed by atoms with Gasteiger partial charge in [-0.25, -0.2) is 4.39 Å². The number of amides is 1. The molecule has 1 amide bonds. The van der Waals surface area contributed by atoms with Crippen LogP contribution in [0.1, 0.15) is 22.8 Å². The molecule has 126 valence electrons. The van der Waals surface area contributed by atoms with E-state index < -0.39 is 11.7 Å². The fourth-order valence-electron chi connectivity index (χ4n) is 2.48. The van der Waals surface area contributed by atoms with Crippen LogP contribution in [0.4, 0.5) is 4.39 Å². The summed E-state index contributed by atoms with van der Waals surface area (Å²) in [5.41, 5.74) is 2.28. The van der Waals surface area contributed by atoms with Crippen molar-refractivity contribution in [1.29, 1.82) is 0 Å². The molecule has 0 fully saturated rings. The minimum absolute atomic E-state index is 0.0339. The molecule has 2 aromatic carbocycles. The molecule has 0 N–H and O–H groups in total. The number of nitrogens with zero attached hydrogens (tertiary/aromatic N) is 2. The molecule has 3 aromatic rings. The molecule has 0 unspecified atom stereocenters. The first kappa shape index (κ1) is 17.4. The van der Waals surface area contributed by atoms with Gasteiger partial charge >= 0.3 is 0 Å². The summed E-state index contributed by atoms with van der Waals surface area (Å²) in [6, 6.07) is 9.70. The predicted octanol–water partition coefficient (Wildman–Crippen LogP) is 4.43. The predicted molar refractivity (Wildman–Crippen MR) is 99.3 cm³/mol. The molecule has 0 spiro atoms. The third kappa shape index (κ3) is 3.51. The van der Waals surface area contributed by atoms with Crippen molar-refractivity contribution in [2.45, 2.75) is 19.9 Å². The van der Waals surface area contributed by atoms with Gasteiger partial charge in [0.25, 0.3) is 5.91 Å². The first-order valence-electron chi connectivity index (χ1n) is 7.63. The largest absolute Gasteiger partial charge is 0.305 e. The van der Waals surface area contributed by atoms with Crippen LogP contribution in [0.5, 0.6) is 0 Å². The molecule has 0 aliphatic heterocycles. The molecule has 0 radical (unpaired) electrons. The highest BCUT2D eigenvalue weighted by atomic mass is 35.5. The number of aromatic nitrogens is 1. The number of benzene rings is 2. The Bertz CT molecular complexity index is 1080. The number of terminal acetylenes is 1. The van der Waals surface area contributed by atoms with Crippen LogP contribution in [0.3, 0.4) is 0 Å². The zero-order valence-electron chi connectivity index (χ0n) is 13.4. The van der Waals surface area contributed by atoms with Crippen molar-refractivity contribution in [3.63, 3.8) is 0 Å². The molecular formula is C19H14ClFN2OS. The quantitative estimate of drug-likeness (QED) is 0.626. The second-order valence-electron chi connectivity index (χ2n) is 5.37. The Kier molecular flexibility index (Phi) is 5.03. The van der Waals surface area contributed by atoms with Gasteiger partial charge in [-0.05, 0) is 42.3 Å². The van der Waals surface area contributed by atoms with E-state index in [4.69, 9.17) is 18.0 Å². The van der Waals surface area contributed by atoms with Crippen molar-refractivity contribution in [2.24, 2.45) is 4.99 Å². The van der Waals surface area contributed by atoms with Gasteiger partial charge in [0, 0.05) is 0 Å². The molecule has 25 heavy (non-hydrogen) atoms. The number of carbonyl (C=O) groups excluding carboxylic acids is 1. The van der Waals surface area contributed by atoms with Gasteiger partial charge in [-0.1, -0.05) is 41.8 Å². The molecule has 1 heterocycles. The Balaban J connectivity index is 2.16. The minimum atomic E-state index is -0.530. The van der Waals surface area contributed by atoms with Crippen molar-refractivity contribution in [3.05, 3.63) is 63.2 Å². The van der Waals surface area contributed by atoms with E-state index in [0.717, 1.165) is 22.7 Å². The Labute approximate surface area is 153 Å². The number of hydrogen-bond acceptors (Lipinski definition) is 2. The molecule has 0 aliphatic rings. The van der Waals surface area contributed by atoms with Crippen LogP contribution >= 0.6 is 22.9 Å². The highest BCUT2D eigenvalue weighted by molar-refractivity contribution is 7.16. The standard InChI is InChI=1S/C19H14ClFN2OS/c1-3-9-23-16-8-5-12(4-2)10-17(16)25-19(23)22-18(24)14-7-6-13(21)11-15(14)20/h1,5-8,10-11H,4,9H2,2H3. The van der Waals surface area contributed by atoms with Crippen LogP contribution in [0.2, 0.25) is 5.02 Å². The number of fused-ring (bicyclic) bond motifs is 1. The zero-order chi connectivity index (χ0) is 18.0. The lowest BCUT2D eigenvalue weighted by atomic mass is 10.2. The third-order valence-corrected chi connectivity index (χ3v) is 5.12. The van der Waals surface area contributed by atoms with Gasteiger partial charge in [-0.2, -0.15) is 4.99 Å². The number of thiazole rings is 1. The molecule has 6 heteroatoms. The van der Waals surface area contributed by atoms with Gasteiger partial charge in [0.05, 0.1) is 27.3 Å². The number of halogens is 2. The van der Waals surface area contributed by atoms with Gasteiger partial charge in [0.2, 0.25) is 0 Å². The van der Waals surface area contributed by atoms with Crippen molar-refractivity contribution >= 4 is 39.1 Å². The Morgan fingerprint density at radius 1 is 1.36 bits per heavy atom. The molecule has 0 atom stereocenters. The number of carbonyl (C=O) groups is 1. The summed E-state index contributed by atoms with van der Waals surface area (Å²) in [5.74, 6) is 1.55. The minimum Gasteiger partial charge on any atom is -0.305 e. The summed E-state index contributed by atoms with van der Waals surface area (Å²) in [7, 11) is 0. The fraction of sp³-hybridized carbons (Fsp3) is 0.158. The normalized spacial score (nSPS) is 11.7. The summed E-state index contributed by atoms with van der Waals surface area (Å²) >= 11 is 7.34. The fourth-order valence-corrected chi connectivity index (χ4v) is 3.82.